The fourth-order valence-corrected chi connectivity index (χ4v) is 2.12. The van der Waals surface area contributed by atoms with Gasteiger partial charge >= 0.3 is 5.69 Å². The van der Waals surface area contributed by atoms with Crippen molar-refractivity contribution in [3.05, 3.63) is 44.9 Å². The molecule has 0 spiro atoms. The Bertz CT molecular complexity index is 554. The quantitative estimate of drug-likeness (QED) is 0.490. The van der Waals surface area contributed by atoms with Crippen LogP contribution < -0.4 is 5.73 Å². The second-order valence-electron chi connectivity index (χ2n) is 3.10. The minimum Gasteiger partial charge on any atom is -0.393 e. The Morgan fingerprint density at radius 2 is 2.00 bits per heavy atom. The summed E-state index contributed by atoms with van der Waals surface area (Å²) in [6, 6.07) is 8.99. The molecule has 0 amide bonds. The molecule has 2 rings (SSSR count). The van der Waals surface area contributed by atoms with Crippen molar-refractivity contribution in [3.8, 4) is 0 Å². The van der Waals surface area contributed by atoms with Crippen LogP contribution in [0.3, 0.4) is 0 Å². The third-order valence-electron chi connectivity index (χ3n) is 2.20. The second kappa shape index (κ2) is 3.51. The largest absolute Gasteiger partial charge is 0.393 e. The molecular formula is C10H7BrN2O2. The van der Waals surface area contributed by atoms with E-state index in [-0.39, 0.29) is 11.4 Å². The van der Waals surface area contributed by atoms with E-state index >= 15 is 0 Å². The van der Waals surface area contributed by atoms with Gasteiger partial charge in [-0.25, -0.2) is 0 Å². The van der Waals surface area contributed by atoms with Crippen LogP contribution >= 0.6 is 15.9 Å². The molecule has 0 saturated heterocycles. The number of fused-ring (bicyclic) bond motifs is 1. The zero-order valence-corrected chi connectivity index (χ0v) is 9.19. The van der Waals surface area contributed by atoms with Crippen molar-refractivity contribution in [2.45, 2.75) is 0 Å². The highest BCUT2D eigenvalue weighted by Crippen LogP contribution is 2.37. The Kier molecular flexibility index (Phi) is 2.32. The maximum Gasteiger partial charge on any atom is 0.306 e. The molecule has 0 heterocycles. The van der Waals surface area contributed by atoms with Crippen molar-refractivity contribution in [3.63, 3.8) is 0 Å². The molecule has 0 unspecified atom stereocenters. The second-order valence-corrected chi connectivity index (χ2v) is 3.95. The SMILES string of the molecule is Nc1c([N+](=O)[O-])c(Br)cc2ccccc12. The standard InChI is InChI=1S/C10H7BrN2O2/c11-8-5-6-3-1-2-4-7(6)9(12)10(8)13(14)15/h1-5H,12H2. The Morgan fingerprint density at radius 1 is 1.33 bits per heavy atom. The summed E-state index contributed by atoms with van der Waals surface area (Å²) in [4.78, 5) is 10.3. The lowest BCUT2D eigenvalue weighted by molar-refractivity contribution is -0.384. The van der Waals surface area contributed by atoms with Crippen molar-refractivity contribution in [1.29, 1.82) is 0 Å². The topological polar surface area (TPSA) is 69.2 Å². The molecule has 0 radical (unpaired) electrons. The van der Waals surface area contributed by atoms with Crippen LogP contribution in [0.4, 0.5) is 11.4 Å². The summed E-state index contributed by atoms with van der Waals surface area (Å²) in [5.41, 5.74) is 5.87. The van der Waals surface area contributed by atoms with Crippen LogP contribution in [0.1, 0.15) is 0 Å². The molecule has 0 bridgehead atoms. The molecule has 5 heteroatoms. The Morgan fingerprint density at radius 3 is 2.67 bits per heavy atom. The van der Waals surface area contributed by atoms with E-state index in [1.54, 1.807) is 18.2 Å². The molecule has 4 nitrogen and oxygen atoms in total. The molecule has 15 heavy (non-hydrogen) atoms. The van der Waals surface area contributed by atoms with Crippen LogP contribution in [0, 0.1) is 10.1 Å². The van der Waals surface area contributed by atoms with Gasteiger partial charge in [0, 0.05) is 5.39 Å². The lowest BCUT2D eigenvalue weighted by atomic mass is 10.1. The van der Waals surface area contributed by atoms with E-state index in [0.717, 1.165) is 5.39 Å². The first-order chi connectivity index (χ1) is 7.11. The minimum absolute atomic E-state index is 0.0753. The Hall–Kier alpha value is -1.62. The van der Waals surface area contributed by atoms with E-state index in [0.29, 0.717) is 9.86 Å². The summed E-state index contributed by atoms with van der Waals surface area (Å²) < 4.78 is 0.406. The molecule has 0 saturated carbocycles. The number of hydrogen-bond acceptors (Lipinski definition) is 3. The van der Waals surface area contributed by atoms with Crippen LogP contribution in [0.2, 0.25) is 0 Å². The van der Waals surface area contributed by atoms with Crippen molar-refractivity contribution in [1.82, 2.24) is 0 Å². The van der Waals surface area contributed by atoms with Crippen molar-refractivity contribution >= 4 is 38.1 Å². The molecule has 2 aromatic carbocycles. The fraction of sp³-hybridized carbons (Fsp3) is 0. The van der Waals surface area contributed by atoms with Crippen LogP contribution in [-0.2, 0) is 0 Å². The van der Waals surface area contributed by atoms with Gasteiger partial charge in [-0.05, 0) is 27.4 Å². The molecular weight excluding hydrogens is 260 g/mol. The van der Waals surface area contributed by atoms with Gasteiger partial charge in [0.25, 0.3) is 0 Å². The summed E-state index contributed by atoms with van der Waals surface area (Å²) in [6.07, 6.45) is 0. The van der Waals surface area contributed by atoms with E-state index in [9.17, 15) is 10.1 Å². The molecule has 0 aliphatic carbocycles. The van der Waals surface area contributed by atoms with Gasteiger partial charge in [-0.15, -0.1) is 0 Å². The van der Waals surface area contributed by atoms with Gasteiger partial charge in [-0.1, -0.05) is 24.3 Å². The van der Waals surface area contributed by atoms with Crippen LogP contribution in [0.15, 0.2) is 34.8 Å². The number of nitrogens with zero attached hydrogens (tertiary/aromatic N) is 1. The number of nitro benzene ring substituents is 1. The van der Waals surface area contributed by atoms with E-state index in [1.807, 2.05) is 12.1 Å². The molecule has 2 aromatic rings. The molecule has 0 fully saturated rings. The van der Waals surface area contributed by atoms with E-state index in [2.05, 4.69) is 15.9 Å². The van der Waals surface area contributed by atoms with Gasteiger partial charge in [0.05, 0.1) is 9.40 Å². The van der Waals surface area contributed by atoms with Gasteiger partial charge in [0.15, 0.2) is 0 Å². The van der Waals surface area contributed by atoms with Crippen molar-refractivity contribution in [2.75, 3.05) is 5.73 Å². The molecule has 0 aromatic heterocycles. The average Bonchev–Trinajstić information content (AvgIpc) is 2.17. The van der Waals surface area contributed by atoms with E-state index in [4.69, 9.17) is 5.73 Å². The molecule has 0 aliphatic rings. The first kappa shape index (κ1) is 9.92. The third-order valence-corrected chi connectivity index (χ3v) is 2.80. The molecule has 2 N–H and O–H groups in total. The minimum atomic E-state index is -0.480. The first-order valence-electron chi connectivity index (χ1n) is 4.22. The van der Waals surface area contributed by atoms with Gasteiger partial charge in [-0.3, -0.25) is 10.1 Å². The van der Waals surface area contributed by atoms with Crippen LogP contribution in [0.25, 0.3) is 10.8 Å². The number of nitro groups is 1. The van der Waals surface area contributed by atoms with Gasteiger partial charge < -0.3 is 5.73 Å². The summed E-state index contributed by atoms with van der Waals surface area (Å²) in [5, 5.41) is 12.4. The van der Waals surface area contributed by atoms with Crippen LogP contribution in [-0.4, -0.2) is 4.92 Å². The van der Waals surface area contributed by atoms with Crippen molar-refractivity contribution < 1.29 is 4.92 Å². The van der Waals surface area contributed by atoms with Gasteiger partial charge in [0.1, 0.15) is 5.69 Å². The summed E-state index contributed by atoms with van der Waals surface area (Å²) in [7, 11) is 0. The van der Waals surface area contributed by atoms with Crippen molar-refractivity contribution in [2.24, 2.45) is 0 Å². The number of halogens is 1. The molecule has 0 atom stereocenters. The normalized spacial score (nSPS) is 10.5. The average molecular weight is 267 g/mol. The molecule has 0 aliphatic heterocycles. The highest BCUT2D eigenvalue weighted by atomic mass is 79.9. The van der Waals surface area contributed by atoms with E-state index < -0.39 is 4.92 Å². The lowest BCUT2D eigenvalue weighted by Gasteiger charge is -2.04. The summed E-state index contributed by atoms with van der Waals surface area (Å²) >= 11 is 3.15. The number of anilines is 1. The van der Waals surface area contributed by atoms with Gasteiger partial charge in [0.2, 0.25) is 0 Å². The summed E-state index contributed by atoms with van der Waals surface area (Å²) in [5.74, 6) is 0. The fourth-order valence-electron chi connectivity index (χ4n) is 1.51. The number of nitrogens with two attached hydrogens (primary N) is 1. The highest BCUT2D eigenvalue weighted by molar-refractivity contribution is 9.10. The van der Waals surface area contributed by atoms with Gasteiger partial charge in [-0.2, -0.15) is 0 Å². The number of rotatable bonds is 1. The Balaban J connectivity index is 2.90. The zero-order valence-electron chi connectivity index (χ0n) is 7.61. The lowest BCUT2D eigenvalue weighted by Crippen LogP contribution is -1.97. The van der Waals surface area contributed by atoms with E-state index in [1.165, 1.54) is 0 Å². The van der Waals surface area contributed by atoms with Crippen LogP contribution in [0.5, 0.6) is 0 Å². The molecule has 76 valence electrons. The summed E-state index contributed by atoms with van der Waals surface area (Å²) in [6.45, 7) is 0. The smallest absolute Gasteiger partial charge is 0.306 e. The Labute approximate surface area is 94.0 Å². The zero-order chi connectivity index (χ0) is 11.0. The maximum atomic E-state index is 10.8. The monoisotopic (exact) mass is 266 g/mol. The maximum absolute atomic E-state index is 10.8. The predicted octanol–water partition coefficient (Wildman–Crippen LogP) is 3.09. The first-order valence-corrected chi connectivity index (χ1v) is 5.01. The third kappa shape index (κ3) is 1.55. The number of benzene rings is 2. The highest BCUT2D eigenvalue weighted by Gasteiger charge is 2.18. The predicted molar refractivity (Wildman–Crippen MR) is 62.7 cm³/mol. The number of hydrogen-bond donors (Lipinski definition) is 1. The number of nitrogen functional groups attached to an aromatic ring is 1.